The van der Waals surface area contributed by atoms with Crippen molar-refractivity contribution in [2.45, 2.75) is 18.9 Å². The van der Waals surface area contributed by atoms with Gasteiger partial charge in [-0.05, 0) is 36.8 Å². The Hall–Kier alpha value is -0.990. The minimum absolute atomic E-state index is 0.487. The SMILES string of the molecule is C=C[C@H]1CN2CC[C@H]1C[C@H]2CN=[N+]=[N-]. The largest absolute Gasteiger partial charge is 0.300 e. The van der Waals surface area contributed by atoms with Crippen LogP contribution in [0.3, 0.4) is 0 Å². The fraction of sp³-hybridized carbons (Fsp3) is 0.800. The van der Waals surface area contributed by atoms with Gasteiger partial charge in [0, 0.05) is 24.0 Å². The normalized spacial score (nSPS) is 40.3. The average molecular weight is 192 g/mol. The molecule has 3 heterocycles. The highest BCUT2D eigenvalue weighted by molar-refractivity contribution is 4.99. The summed E-state index contributed by atoms with van der Waals surface area (Å²) in [6.45, 7) is 6.80. The molecule has 0 aromatic rings. The fourth-order valence-electron chi connectivity index (χ4n) is 2.77. The number of hydrogen-bond donors (Lipinski definition) is 0. The van der Waals surface area contributed by atoms with E-state index in [2.05, 4.69) is 27.6 Å². The van der Waals surface area contributed by atoms with E-state index in [9.17, 15) is 0 Å². The highest BCUT2D eigenvalue weighted by Crippen LogP contribution is 2.36. The second-order valence-corrected chi connectivity index (χ2v) is 4.25. The maximum atomic E-state index is 8.29. The van der Waals surface area contributed by atoms with Crippen LogP contribution < -0.4 is 0 Å². The van der Waals surface area contributed by atoms with Crippen LogP contribution in [0.5, 0.6) is 0 Å². The van der Waals surface area contributed by atoms with Crippen molar-refractivity contribution in [1.29, 1.82) is 0 Å². The van der Waals surface area contributed by atoms with Gasteiger partial charge < -0.3 is 0 Å². The Morgan fingerprint density at radius 1 is 1.64 bits per heavy atom. The number of hydrogen-bond acceptors (Lipinski definition) is 2. The maximum absolute atomic E-state index is 8.29. The summed E-state index contributed by atoms with van der Waals surface area (Å²) in [5.74, 6) is 1.43. The third-order valence-electron chi connectivity index (χ3n) is 3.59. The fourth-order valence-corrected chi connectivity index (χ4v) is 2.77. The smallest absolute Gasteiger partial charge is 0.0414 e. The molecule has 0 spiro atoms. The van der Waals surface area contributed by atoms with Crippen LogP contribution in [0, 0.1) is 11.8 Å². The van der Waals surface area contributed by atoms with Crippen molar-refractivity contribution in [2.24, 2.45) is 17.0 Å². The van der Waals surface area contributed by atoms with Gasteiger partial charge in [-0.15, -0.1) is 6.58 Å². The van der Waals surface area contributed by atoms with Crippen molar-refractivity contribution in [3.8, 4) is 0 Å². The molecule has 1 unspecified atom stereocenters. The monoisotopic (exact) mass is 192 g/mol. The zero-order chi connectivity index (χ0) is 9.97. The summed E-state index contributed by atoms with van der Waals surface area (Å²) >= 11 is 0. The van der Waals surface area contributed by atoms with E-state index in [1.165, 1.54) is 19.4 Å². The lowest BCUT2D eigenvalue weighted by Crippen LogP contribution is -2.53. The lowest BCUT2D eigenvalue weighted by molar-refractivity contribution is 0.0234. The molecule has 0 aromatic carbocycles. The molecule has 0 N–H and O–H groups in total. The molecule has 3 rings (SSSR count). The van der Waals surface area contributed by atoms with Crippen LogP contribution in [-0.4, -0.2) is 30.6 Å². The summed E-state index contributed by atoms with van der Waals surface area (Å²) in [5.41, 5.74) is 8.29. The lowest BCUT2D eigenvalue weighted by atomic mass is 9.76. The van der Waals surface area contributed by atoms with Crippen molar-refractivity contribution < 1.29 is 0 Å². The molecule has 0 aliphatic carbocycles. The van der Waals surface area contributed by atoms with Gasteiger partial charge in [-0.3, -0.25) is 4.90 Å². The molecule has 0 amide bonds. The van der Waals surface area contributed by atoms with E-state index >= 15 is 0 Å². The molecular weight excluding hydrogens is 176 g/mol. The van der Waals surface area contributed by atoms with Crippen molar-refractivity contribution >= 4 is 0 Å². The molecule has 4 atom stereocenters. The molecule has 3 fully saturated rings. The topological polar surface area (TPSA) is 52.0 Å². The molecule has 3 aliphatic heterocycles. The highest BCUT2D eigenvalue weighted by atomic mass is 15.2. The van der Waals surface area contributed by atoms with Gasteiger partial charge in [0.25, 0.3) is 0 Å². The van der Waals surface area contributed by atoms with Crippen LogP contribution in [0.15, 0.2) is 17.8 Å². The molecule has 0 saturated carbocycles. The van der Waals surface area contributed by atoms with E-state index in [0.717, 1.165) is 12.5 Å². The van der Waals surface area contributed by atoms with Gasteiger partial charge >= 0.3 is 0 Å². The second kappa shape index (κ2) is 4.03. The number of rotatable bonds is 3. The first kappa shape index (κ1) is 9.56. The van der Waals surface area contributed by atoms with E-state index < -0.39 is 0 Å². The third-order valence-corrected chi connectivity index (χ3v) is 3.59. The van der Waals surface area contributed by atoms with Crippen molar-refractivity contribution in [3.63, 3.8) is 0 Å². The van der Waals surface area contributed by atoms with Crippen molar-refractivity contribution in [2.75, 3.05) is 19.6 Å². The van der Waals surface area contributed by atoms with Crippen LogP contribution in [0.4, 0.5) is 0 Å². The Morgan fingerprint density at radius 2 is 2.50 bits per heavy atom. The van der Waals surface area contributed by atoms with E-state index in [-0.39, 0.29) is 0 Å². The van der Waals surface area contributed by atoms with Gasteiger partial charge in [-0.25, -0.2) is 0 Å². The van der Waals surface area contributed by atoms with Crippen LogP contribution in [-0.2, 0) is 0 Å². The first-order valence-electron chi connectivity index (χ1n) is 5.22. The molecular formula is C10H16N4. The van der Waals surface area contributed by atoms with Gasteiger partial charge in [0.05, 0.1) is 0 Å². The predicted molar refractivity (Wildman–Crippen MR) is 55.8 cm³/mol. The Labute approximate surface area is 84.2 Å². The first-order valence-corrected chi connectivity index (χ1v) is 5.22. The predicted octanol–water partition coefficient (Wildman–Crippen LogP) is 2.19. The molecule has 0 radical (unpaired) electrons. The van der Waals surface area contributed by atoms with E-state index in [1.807, 2.05) is 0 Å². The van der Waals surface area contributed by atoms with Gasteiger partial charge in [-0.1, -0.05) is 11.2 Å². The number of piperidine rings is 3. The first-order chi connectivity index (χ1) is 6.85. The molecule has 2 bridgehead atoms. The molecule has 4 nitrogen and oxygen atoms in total. The molecule has 14 heavy (non-hydrogen) atoms. The summed E-state index contributed by atoms with van der Waals surface area (Å²) in [6, 6.07) is 0.487. The highest BCUT2D eigenvalue weighted by Gasteiger charge is 2.38. The van der Waals surface area contributed by atoms with Crippen LogP contribution in [0.25, 0.3) is 10.4 Å². The minimum atomic E-state index is 0.487. The standard InChI is InChI=1S/C10H16N4/c1-2-8-7-14-4-3-9(8)5-10(14)6-12-13-11/h2,8-10H,1,3-7H2/t8-,9-,10-/m0/s1. The lowest BCUT2D eigenvalue weighted by Gasteiger charge is -2.48. The molecule has 4 heteroatoms. The minimum Gasteiger partial charge on any atom is -0.300 e. The van der Waals surface area contributed by atoms with Crippen LogP contribution >= 0.6 is 0 Å². The van der Waals surface area contributed by atoms with E-state index in [4.69, 9.17) is 5.53 Å². The van der Waals surface area contributed by atoms with Gasteiger partial charge in [0.1, 0.15) is 0 Å². The quantitative estimate of drug-likeness (QED) is 0.292. The Bertz CT molecular complexity index is 269. The maximum Gasteiger partial charge on any atom is 0.0414 e. The van der Waals surface area contributed by atoms with Crippen LogP contribution in [0.2, 0.25) is 0 Å². The second-order valence-electron chi connectivity index (χ2n) is 4.25. The summed E-state index contributed by atoms with van der Waals surface area (Å²) in [6.07, 6.45) is 4.54. The zero-order valence-electron chi connectivity index (χ0n) is 8.34. The summed E-state index contributed by atoms with van der Waals surface area (Å²) in [7, 11) is 0. The van der Waals surface area contributed by atoms with Crippen molar-refractivity contribution in [3.05, 3.63) is 23.1 Å². The van der Waals surface area contributed by atoms with E-state index in [0.29, 0.717) is 18.5 Å². The Morgan fingerprint density at radius 3 is 3.07 bits per heavy atom. The summed E-state index contributed by atoms with van der Waals surface area (Å²) in [5, 5.41) is 3.68. The molecule has 3 saturated heterocycles. The average Bonchev–Trinajstić information content (AvgIpc) is 2.27. The van der Waals surface area contributed by atoms with Crippen molar-refractivity contribution in [1.82, 2.24) is 4.90 Å². The third kappa shape index (κ3) is 1.63. The number of fused-ring (bicyclic) bond motifs is 3. The zero-order valence-corrected chi connectivity index (χ0v) is 8.34. The van der Waals surface area contributed by atoms with Gasteiger partial charge in [0.2, 0.25) is 0 Å². The summed E-state index contributed by atoms with van der Waals surface area (Å²) < 4.78 is 0. The number of azide groups is 1. The molecule has 76 valence electrons. The Kier molecular flexibility index (Phi) is 2.75. The summed E-state index contributed by atoms with van der Waals surface area (Å²) in [4.78, 5) is 5.28. The van der Waals surface area contributed by atoms with Gasteiger partial charge in [-0.2, -0.15) is 0 Å². The van der Waals surface area contributed by atoms with E-state index in [1.54, 1.807) is 0 Å². The molecule has 0 aromatic heterocycles. The number of nitrogens with zero attached hydrogens (tertiary/aromatic N) is 4. The van der Waals surface area contributed by atoms with Crippen LogP contribution in [0.1, 0.15) is 12.8 Å². The van der Waals surface area contributed by atoms with Gasteiger partial charge in [0.15, 0.2) is 0 Å². The Balaban J connectivity index is 2.00. The molecule has 3 aliphatic rings.